The molecule has 33 heavy (non-hydrogen) atoms. The van der Waals surface area contributed by atoms with E-state index in [1.54, 1.807) is 20.8 Å². The number of anilines is 2. The fraction of sp³-hybridized carbons (Fsp3) is 0.476. The van der Waals surface area contributed by atoms with Crippen LogP contribution in [0.15, 0.2) is 24.5 Å². The van der Waals surface area contributed by atoms with Crippen molar-refractivity contribution in [1.29, 1.82) is 5.26 Å². The highest BCUT2D eigenvalue weighted by atomic mass is 19.1. The van der Waals surface area contributed by atoms with Gasteiger partial charge in [0.15, 0.2) is 5.82 Å². The zero-order valence-electron chi connectivity index (χ0n) is 18.5. The van der Waals surface area contributed by atoms with E-state index in [1.165, 1.54) is 28.0 Å². The first-order valence-electron chi connectivity index (χ1n) is 10.2. The van der Waals surface area contributed by atoms with Crippen LogP contribution in [0.25, 0.3) is 0 Å². The Hall–Kier alpha value is -3.75. The van der Waals surface area contributed by atoms with Crippen molar-refractivity contribution in [2.45, 2.75) is 50.9 Å². The Morgan fingerprint density at radius 3 is 2.76 bits per heavy atom. The summed E-state index contributed by atoms with van der Waals surface area (Å²) < 4.78 is 35.5. The molecule has 2 aromatic rings. The van der Waals surface area contributed by atoms with Gasteiger partial charge in [-0.3, -0.25) is 9.48 Å². The third-order valence-corrected chi connectivity index (χ3v) is 5.24. The smallest absolute Gasteiger partial charge is 0.410 e. The number of hydrogen-bond donors (Lipinski definition) is 2. The number of primary amides is 1. The molecular weight excluding hydrogens is 436 g/mol. The van der Waals surface area contributed by atoms with Gasteiger partial charge in [0.05, 0.1) is 19.0 Å². The number of carbonyl (C=O) groups is 2. The molecule has 1 fully saturated rings. The van der Waals surface area contributed by atoms with Crippen LogP contribution in [0.1, 0.15) is 44.0 Å². The maximum Gasteiger partial charge on any atom is 0.410 e. The van der Waals surface area contributed by atoms with Crippen LogP contribution in [0.4, 0.5) is 25.1 Å². The highest BCUT2D eigenvalue weighted by Crippen LogP contribution is 2.37. The number of pyridine rings is 1. The molecule has 0 aromatic carbocycles. The van der Waals surface area contributed by atoms with Crippen molar-refractivity contribution in [3.63, 3.8) is 0 Å². The molecule has 1 saturated heterocycles. The SMILES string of the molecule is CC(C)(C)OC(=O)N1CCC(CC#N)(n2cc(C(N)=O)c(Nc3ccnc(F)c3)n2)C(F)C1. The minimum Gasteiger partial charge on any atom is -0.444 e. The van der Waals surface area contributed by atoms with Crippen molar-refractivity contribution in [2.24, 2.45) is 5.73 Å². The summed E-state index contributed by atoms with van der Waals surface area (Å²) in [6, 6.07) is 4.52. The second-order valence-corrected chi connectivity index (χ2v) is 8.77. The molecule has 1 aliphatic rings. The van der Waals surface area contributed by atoms with E-state index >= 15 is 4.39 Å². The Bertz CT molecular complexity index is 1090. The van der Waals surface area contributed by atoms with Crippen molar-refractivity contribution in [3.8, 4) is 6.07 Å². The minimum absolute atomic E-state index is 0.0211. The van der Waals surface area contributed by atoms with Gasteiger partial charge >= 0.3 is 6.09 Å². The lowest BCUT2D eigenvalue weighted by molar-refractivity contribution is -0.0179. The molecule has 2 atom stereocenters. The summed E-state index contributed by atoms with van der Waals surface area (Å²) in [5.41, 5.74) is 3.47. The number of alkyl halides is 1. The maximum atomic E-state index is 15.6. The number of nitrogens with two attached hydrogens (primary N) is 1. The zero-order valence-corrected chi connectivity index (χ0v) is 18.5. The summed E-state index contributed by atoms with van der Waals surface area (Å²) >= 11 is 0. The first kappa shape index (κ1) is 23.9. The molecule has 10 nitrogen and oxygen atoms in total. The largest absolute Gasteiger partial charge is 0.444 e. The number of likely N-dealkylation sites (tertiary alicyclic amines) is 1. The summed E-state index contributed by atoms with van der Waals surface area (Å²) in [5, 5.41) is 16.5. The molecule has 0 spiro atoms. The van der Waals surface area contributed by atoms with Crippen molar-refractivity contribution < 1.29 is 23.1 Å². The molecule has 0 saturated carbocycles. The summed E-state index contributed by atoms with van der Waals surface area (Å²) in [6.45, 7) is 4.92. The Morgan fingerprint density at radius 1 is 1.45 bits per heavy atom. The van der Waals surface area contributed by atoms with Crippen molar-refractivity contribution >= 4 is 23.5 Å². The molecule has 2 amide bonds. The van der Waals surface area contributed by atoms with E-state index in [4.69, 9.17) is 10.5 Å². The first-order valence-corrected chi connectivity index (χ1v) is 10.2. The Morgan fingerprint density at radius 2 is 2.18 bits per heavy atom. The van der Waals surface area contributed by atoms with Gasteiger partial charge in [0.1, 0.15) is 22.9 Å². The molecule has 0 aliphatic carbocycles. The number of carbonyl (C=O) groups excluding carboxylic acids is 2. The molecule has 3 rings (SSSR count). The Balaban J connectivity index is 1.92. The highest BCUT2D eigenvalue weighted by Gasteiger charge is 2.48. The van der Waals surface area contributed by atoms with Gasteiger partial charge in [0, 0.05) is 30.7 Å². The summed E-state index contributed by atoms with van der Waals surface area (Å²) in [7, 11) is 0. The third-order valence-electron chi connectivity index (χ3n) is 5.24. The van der Waals surface area contributed by atoms with E-state index < -0.39 is 35.3 Å². The molecule has 0 radical (unpaired) electrons. The van der Waals surface area contributed by atoms with Crippen LogP contribution in [-0.2, 0) is 10.3 Å². The number of rotatable bonds is 5. The lowest BCUT2D eigenvalue weighted by Crippen LogP contribution is -2.56. The summed E-state index contributed by atoms with van der Waals surface area (Å²) in [4.78, 5) is 29.1. The molecule has 176 valence electrons. The van der Waals surface area contributed by atoms with Gasteiger partial charge in [-0.2, -0.15) is 14.8 Å². The van der Waals surface area contributed by atoms with Crippen molar-refractivity contribution in [2.75, 3.05) is 18.4 Å². The van der Waals surface area contributed by atoms with Crippen LogP contribution in [-0.4, -0.2) is 56.5 Å². The summed E-state index contributed by atoms with van der Waals surface area (Å²) in [5.74, 6) is -1.61. The normalized spacial score (nSPS) is 20.7. The van der Waals surface area contributed by atoms with E-state index in [1.807, 2.05) is 6.07 Å². The molecule has 3 N–H and O–H groups in total. The quantitative estimate of drug-likeness (QED) is 0.653. The highest BCUT2D eigenvalue weighted by molar-refractivity contribution is 5.98. The van der Waals surface area contributed by atoms with Gasteiger partial charge < -0.3 is 20.7 Å². The van der Waals surface area contributed by atoms with Crippen LogP contribution in [0.2, 0.25) is 0 Å². The zero-order chi connectivity index (χ0) is 24.4. The molecule has 3 heterocycles. The van der Waals surface area contributed by atoms with Crippen LogP contribution in [0, 0.1) is 17.3 Å². The van der Waals surface area contributed by atoms with E-state index in [0.717, 1.165) is 6.07 Å². The van der Waals surface area contributed by atoms with Crippen LogP contribution >= 0.6 is 0 Å². The van der Waals surface area contributed by atoms with E-state index in [2.05, 4.69) is 15.4 Å². The molecule has 2 aromatic heterocycles. The van der Waals surface area contributed by atoms with Gasteiger partial charge in [-0.25, -0.2) is 14.2 Å². The number of ether oxygens (including phenoxy) is 1. The van der Waals surface area contributed by atoms with Crippen molar-refractivity contribution in [1.82, 2.24) is 19.7 Å². The van der Waals surface area contributed by atoms with Crippen LogP contribution in [0.5, 0.6) is 0 Å². The number of amides is 2. The van der Waals surface area contributed by atoms with E-state index in [-0.39, 0.29) is 43.0 Å². The fourth-order valence-electron chi connectivity index (χ4n) is 3.60. The number of nitrogens with zero attached hydrogens (tertiary/aromatic N) is 5. The Labute approximate surface area is 189 Å². The monoisotopic (exact) mass is 461 g/mol. The number of piperidine rings is 1. The maximum absolute atomic E-state index is 15.6. The van der Waals surface area contributed by atoms with Gasteiger partial charge in [0.25, 0.3) is 5.91 Å². The topological polar surface area (TPSA) is 139 Å². The molecule has 1 aliphatic heterocycles. The predicted octanol–water partition coefficient (Wildman–Crippen LogP) is 2.85. The molecule has 0 bridgehead atoms. The van der Waals surface area contributed by atoms with Gasteiger partial charge in [-0.15, -0.1) is 0 Å². The number of nitriles is 1. The van der Waals surface area contributed by atoms with Crippen molar-refractivity contribution in [3.05, 3.63) is 36.0 Å². The molecule has 12 heteroatoms. The predicted molar refractivity (Wildman–Crippen MR) is 114 cm³/mol. The van der Waals surface area contributed by atoms with Gasteiger partial charge in [0.2, 0.25) is 5.95 Å². The third kappa shape index (κ3) is 5.19. The Kier molecular flexibility index (Phi) is 6.53. The molecule has 2 unspecified atom stereocenters. The lowest BCUT2D eigenvalue weighted by atomic mass is 9.83. The standard InChI is InChI=1S/C21H25F2N7O3/c1-20(2,3)33-19(32)29-9-6-21(5-7-24,15(22)12-29)30-11-14(17(25)31)18(28-30)27-13-4-8-26-16(23)10-13/h4,8,10-11,15H,5-6,9,12H2,1-3H3,(H2,25,31)(H,26,27,28). The lowest BCUT2D eigenvalue weighted by Gasteiger charge is -2.43. The first-order chi connectivity index (χ1) is 15.4. The minimum atomic E-state index is -1.69. The number of hydrogen-bond acceptors (Lipinski definition) is 7. The number of halogens is 2. The fourth-order valence-corrected chi connectivity index (χ4v) is 3.60. The van der Waals surface area contributed by atoms with Gasteiger partial charge in [-0.1, -0.05) is 0 Å². The van der Waals surface area contributed by atoms with Gasteiger partial charge in [-0.05, 0) is 33.3 Å². The second-order valence-electron chi connectivity index (χ2n) is 8.77. The average molecular weight is 461 g/mol. The summed E-state index contributed by atoms with van der Waals surface area (Å²) in [6.07, 6.45) is -0.0834. The average Bonchev–Trinajstić information content (AvgIpc) is 3.13. The number of nitrogens with one attached hydrogen (secondary N) is 1. The van der Waals surface area contributed by atoms with Crippen LogP contribution in [0.3, 0.4) is 0 Å². The van der Waals surface area contributed by atoms with E-state index in [0.29, 0.717) is 0 Å². The van der Waals surface area contributed by atoms with Crippen LogP contribution < -0.4 is 11.1 Å². The number of aromatic nitrogens is 3. The second kappa shape index (κ2) is 9.01. The van der Waals surface area contributed by atoms with E-state index in [9.17, 15) is 19.2 Å². The molecular formula is C21H25F2N7O3.